The van der Waals surface area contributed by atoms with Crippen LogP contribution in [0, 0.1) is 0 Å². The first-order chi connectivity index (χ1) is 5.68. The average Bonchev–Trinajstić information content (AvgIpc) is 2.31. The molecular weight excluding hydrogens is 176 g/mol. The molecule has 0 radical (unpaired) electrons. The number of benzene rings is 1. The van der Waals surface area contributed by atoms with Crippen LogP contribution in [-0.4, -0.2) is 9.78 Å². The molecule has 0 atom stereocenters. The van der Waals surface area contributed by atoms with Crippen molar-refractivity contribution in [2.24, 2.45) is 0 Å². The molecule has 1 aromatic heterocycles. The van der Waals surface area contributed by atoms with Crippen molar-refractivity contribution in [1.29, 1.82) is 0 Å². The van der Waals surface area contributed by atoms with Crippen LogP contribution in [0.25, 0.3) is 10.9 Å². The van der Waals surface area contributed by atoms with Gasteiger partial charge in [-0.25, -0.2) is 4.68 Å². The highest BCUT2D eigenvalue weighted by molar-refractivity contribution is 6.31. The topological polar surface area (TPSA) is 51.2 Å². The van der Waals surface area contributed by atoms with Crippen LogP contribution in [0.1, 0.15) is 0 Å². The number of aromatic nitrogens is 1. The molecule has 1 heterocycles. The van der Waals surface area contributed by atoms with Gasteiger partial charge in [-0.2, -0.15) is 0 Å². The molecule has 62 valence electrons. The quantitative estimate of drug-likeness (QED) is 0.610. The number of fused-ring (bicyclic) bond motifs is 1. The van der Waals surface area contributed by atoms with Gasteiger partial charge in [0.1, 0.15) is 0 Å². The lowest BCUT2D eigenvalue weighted by Gasteiger charge is -1.96. The van der Waals surface area contributed by atoms with Crippen LogP contribution in [0.2, 0.25) is 5.02 Å². The number of halogens is 1. The second kappa shape index (κ2) is 2.32. The molecule has 0 aliphatic carbocycles. The fourth-order valence-electron chi connectivity index (χ4n) is 1.18. The van der Waals surface area contributed by atoms with E-state index in [2.05, 4.69) is 0 Å². The zero-order valence-corrected chi connectivity index (χ0v) is 6.92. The van der Waals surface area contributed by atoms with E-state index in [0.717, 1.165) is 10.9 Å². The third kappa shape index (κ3) is 0.905. The molecule has 0 unspecified atom stereocenters. The van der Waals surface area contributed by atoms with Crippen molar-refractivity contribution in [3.63, 3.8) is 0 Å². The molecule has 4 heteroatoms. The van der Waals surface area contributed by atoms with Crippen molar-refractivity contribution in [3.05, 3.63) is 29.3 Å². The van der Waals surface area contributed by atoms with E-state index in [1.807, 2.05) is 0 Å². The summed E-state index contributed by atoms with van der Waals surface area (Å²) in [4.78, 5) is 0. The van der Waals surface area contributed by atoms with Crippen LogP contribution in [-0.2, 0) is 0 Å². The van der Waals surface area contributed by atoms with E-state index in [0.29, 0.717) is 5.02 Å². The Morgan fingerprint density at radius 2 is 2.08 bits per heavy atom. The summed E-state index contributed by atoms with van der Waals surface area (Å²) in [6.45, 7) is 0. The first kappa shape index (κ1) is 7.31. The molecule has 3 nitrogen and oxygen atoms in total. The van der Waals surface area contributed by atoms with Crippen molar-refractivity contribution in [2.75, 3.05) is 5.84 Å². The Morgan fingerprint density at radius 3 is 2.83 bits per heavy atom. The van der Waals surface area contributed by atoms with Gasteiger partial charge in [0.05, 0.1) is 5.52 Å². The van der Waals surface area contributed by atoms with Gasteiger partial charge < -0.3 is 10.9 Å². The maximum absolute atomic E-state index is 9.23. The molecule has 0 bridgehead atoms. The predicted molar refractivity (Wildman–Crippen MR) is 48.8 cm³/mol. The van der Waals surface area contributed by atoms with Crippen LogP contribution in [0.3, 0.4) is 0 Å². The largest absolute Gasteiger partial charge is 0.493 e. The number of hydrogen-bond donors (Lipinski definition) is 2. The lowest BCUT2D eigenvalue weighted by Crippen LogP contribution is -2.05. The SMILES string of the molecule is Nn1c(O)cc2ccc(Cl)cc21. The third-order valence-electron chi connectivity index (χ3n) is 1.78. The molecule has 0 saturated carbocycles. The summed E-state index contributed by atoms with van der Waals surface area (Å²) in [5, 5.41) is 10.7. The summed E-state index contributed by atoms with van der Waals surface area (Å²) in [5.41, 5.74) is 0.722. The number of aromatic hydroxyl groups is 1. The number of nitrogens with two attached hydrogens (primary N) is 1. The summed E-state index contributed by atoms with van der Waals surface area (Å²) in [6.07, 6.45) is 0. The van der Waals surface area contributed by atoms with Gasteiger partial charge in [0.2, 0.25) is 5.88 Å². The fourth-order valence-corrected chi connectivity index (χ4v) is 1.35. The minimum Gasteiger partial charge on any atom is -0.493 e. The molecule has 0 fully saturated rings. The summed E-state index contributed by atoms with van der Waals surface area (Å²) in [7, 11) is 0. The van der Waals surface area contributed by atoms with E-state index in [1.54, 1.807) is 24.3 Å². The summed E-state index contributed by atoms with van der Waals surface area (Å²) < 4.78 is 1.20. The standard InChI is InChI=1S/C8H7ClN2O/c9-6-2-1-5-3-8(12)11(10)7(5)4-6/h1-4,12H,10H2. The molecule has 0 amide bonds. The van der Waals surface area contributed by atoms with Gasteiger partial charge in [-0.15, -0.1) is 0 Å². The van der Waals surface area contributed by atoms with Crippen LogP contribution in [0.5, 0.6) is 5.88 Å². The zero-order chi connectivity index (χ0) is 8.72. The van der Waals surface area contributed by atoms with Crippen LogP contribution < -0.4 is 5.84 Å². The second-order valence-electron chi connectivity index (χ2n) is 2.58. The van der Waals surface area contributed by atoms with Gasteiger partial charge in [0, 0.05) is 16.5 Å². The van der Waals surface area contributed by atoms with Gasteiger partial charge in [-0.1, -0.05) is 17.7 Å². The van der Waals surface area contributed by atoms with E-state index in [1.165, 1.54) is 4.68 Å². The monoisotopic (exact) mass is 182 g/mol. The van der Waals surface area contributed by atoms with Gasteiger partial charge in [-0.3, -0.25) is 0 Å². The van der Waals surface area contributed by atoms with E-state index in [4.69, 9.17) is 17.4 Å². The summed E-state index contributed by atoms with van der Waals surface area (Å²) in [5.74, 6) is 5.55. The Kier molecular flexibility index (Phi) is 1.41. The smallest absolute Gasteiger partial charge is 0.210 e. The van der Waals surface area contributed by atoms with E-state index < -0.39 is 0 Å². The maximum atomic E-state index is 9.23. The Bertz CT molecular complexity index is 436. The molecule has 0 spiro atoms. The van der Waals surface area contributed by atoms with Crippen LogP contribution in [0.15, 0.2) is 24.3 Å². The Labute approximate surface area is 73.9 Å². The van der Waals surface area contributed by atoms with Gasteiger partial charge >= 0.3 is 0 Å². The molecule has 0 saturated heterocycles. The average molecular weight is 183 g/mol. The van der Waals surface area contributed by atoms with Crippen molar-refractivity contribution in [1.82, 2.24) is 4.68 Å². The Balaban J connectivity index is 2.88. The van der Waals surface area contributed by atoms with E-state index in [9.17, 15) is 5.11 Å². The Morgan fingerprint density at radius 1 is 1.33 bits per heavy atom. The van der Waals surface area contributed by atoms with Crippen molar-refractivity contribution >= 4 is 22.5 Å². The highest BCUT2D eigenvalue weighted by Gasteiger charge is 2.04. The highest BCUT2D eigenvalue weighted by atomic mass is 35.5. The van der Waals surface area contributed by atoms with Gasteiger partial charge in [0.25, 0.3) is 0 Å². The minimum atomic E-state index is 0.0345. The highest BCUT2D eigenvalue weighted by Crippen LogP contribution is 2.24. The molecule has 2 rings (SSSR count). The van der Waals surface area contributed by atoms with Crippen molar-refractivity contribution in [2.45, 2.75) is 0 Å². The van der Waals surface area contributed by atoms with Crippen molar-refractivity contribution in [3.8, 4) is 5.88 Å². The third-order valence-corrected chi connectivity index (χ3v) is 2.02. The first-order valence-corrected chi connectivity index (χ1v) is 3.81. The zero-order valence-electron chi connectivity index (χ0n) is 6.16. The summed E-state index contributed by atoms with van der Waals surface area (Å²) in [6, 6.07) is 6.85. The molecule has 0 aliphatic rings. The van der Waals surface area contributed by atoms with Crippen LogP contribution >= 0.6 is 11.6 Å². The number of rotatable bonds is 0. The molecule has 2 aromatic rings. The lowest BCUT2D eigenvalue weighted by atomic mass is 10.2. The normalized spacial score (nSPS) is 10.8. The van der Waals surface area contributed by atoms with E-state index in [-0.39, 0.29) is 5.88 Å². The predicted octanol–water partition coefficient (Wildman–Crippen LogP) is 1.71. The first-order valence-electron chi connectivity index (χ1n) is 3.43. The van der Waals surface area contributed by atoms with Crippen molar-refractivity contribution < 1.29 is 5.11 Å². The molecular formula is C8H7ClN2O. The number of nitrogens with zero attached hydrogens (tertiary/aromatic N) is 1. The minimum absolute atomic E-state index is 0.0345. The number of hydrogen-bond acceptors (Lipinski definition) is 2. The molecule has 3 N–H and O–H groups in total. The van der Waals surface area contributed by atoms with Gasteiger partial charge in [0.15, 0.2) is 0 Å². The van der Waals surface area contributed by atoms with E-state index >= 15 is 0 Å². The Hall–Kier alpha value is -1.35. The lowest BCUT2D eigenvalue weighted by molar-refractivity contribution is 0.441. The maximum Gasteiger partial charge on any atom is 0.210 e. The molecule has 12 heavy (non-hydrogen) atoms. The van der Waals surface area contributed by atoms with Crippen LogP contribution in [0.4, 0.5) is 0 Å². The van der Waals surface area contributed by atoms with Gasteiger partial charge in [-0.05, 0) is 12.1 Å². The summed E-state index contributed by atoms with van der Waals surface area (Å²) >= 11 is 5.75. The number of nitrogen functional groups attached to an aromatic ring is 1. The fraction of sp³-hybridized carbons (Fsp3) is 0. The second-order valence-corrected chi connectivity index (χ2v) is 3.01. The molecule has 0 aliphatic heterocycles. The molecule has 1 aromatic carbocycles.